The first-order valence-corrected chi connectivity index (χ1v) is 8.28. The quantitative estimate of drug-likeness (QED) is 0.836. The van der Waals surface area contributed by atoms with Gasteiger partial charge in [0.15, 0.2) is 6.10 Å². The number of ether oxygens (including phenoxy) is 1. The van der Waals surface area contributed by atoms with Gasteiger partial charge in [-0.1, -0.05) is 25.3 Å². The fraction of sp³-hybridized carbons (Fsp3) is 0.556. The Bertz CT molecular complexity index is 628. The standard InChI is InChI=1S/C18H23N3O3/c1-13-6-7-15(11-20-13)10-16(22)24-14(2)17(23)21-18(12-19)8-4-3-5-9-18/h6-7,11,14H,3-5,8-10H2,1-2H3,(H,21,23). The van der Waals surface area contributed by atoms with Crippen LogP contribution < -0.4 is 5.32 Å². The number of carbonyl (C=O) groups is 2. The normalized spacial score (nSPS) is 17.4. The highest BCUT2D eigenvalue weighted by molar-refractivity contribution is 5.84. The topological polar surface area (TPSA) is 92.1 Å². The third-order valence-corrected chi connectivity index (χ3v) is 4.28. The second-order valence-electron chi connectivity index (χ2n) is 6.36. The molecule has 1 aliphatic carbocycles. The van der Waals surface area contributed by atoms with Crippen LogP contribution in [0.15, 0.2) is 18.3 Å². The average Bonchev–Trinajstić information content (AvgIpc) is 2.57. The Balaban J connectivity index is 1.87. The Morgan fingerprint density at radius 2 is 2.08 bits per heavy atom. The summed E-state index contributed by atoms with van der Waals surface area (Å²) in [7, 11) is 0. The van der Waals surface area contributed by atoms with Crippen LogP contribution in [0.2, 0.25) is 0 Å². The number of carbonyl (C=O) groups excluding carboxylic acids is 2. The predicted octanol–water partition coefficient (Wildman–Crippen LogP) is 2.21. The summed E-state index contributed by atoms with van der Waals surface area (Å²) >= 11 is 0. The van der Waals surface area contributed by atoms with Crippen molar-refractivity contribution in [3.63, 3.8) is 0 Å². The molecular formula is C18H23N3O3. The number of rotatable bonds is 5. The molecule has 0 bridgehead atoms. The van der Waals surface area contributed by atoms with Crippen LogP contribution in [-0.4, -0.2) is 28.5 Å². The van der Waals surface area contributed by atoms with E-state index in [4.69, 9.17) is 4.74 Å². The largest absolute Gasteiger partial charge is 0.452 e. The van der Waals surface area contributed by atoms with Crippen molar-refractivity contribution in [2.24, 2.45) is 0 Å². The number of nitriles is 1. The summed E-state index contributed by atoms with van der Waals surface area (Å²) in [6.07, 6.45) is 4.96. The summed E-state index contributed by atoms with van der Waals surface area (Å²) in [5.41, 5.74) is 0.782. The molecular weight excluding hydrogens is 306 g/mol. The average molecular weight is 329 g/mol. The van der Waals surface area contributed by atoms with E-state index in [1.54, 1.807) is 12.3 Å². The van der Waals surface area contributed by atoms with Crippen LogP contribution in [0.25, 0.3) is 0 Å². The number of aryl methyl sites for hydroxylation is 1. The number of esters is 1. The first-order chi connectivity index (χ1) is 11.4. The van der Waals surface area contributed by atoms with Gasteiger partial charge in [-0.15, -0.1) is 0 Å². The van der Waals surface area contributed by atoms with Crippen molar-refractivity contribution < 1.29 is 14.3 Å². The van der Waals surface area contributed by atoms with E-state index >= 15 is 0 Å². The van der Waals surface area contributed by atoms with E-state index in [0.717, 1.165) is 30.5 Å². The molecule has 1 aromatic rings. The number of nitrogens with zero attached hydrogens (tertiary/aromatic N) is 2. The molecule has 6 heteroatoms. The Morgan fingerprint density at radius 3 is 2.67 bits per heavy atom. The summed E-state index contributed by atoms with van der Waals surface area (Å²) < 4.78 is 5.19. The highest BCUT2D eigenvalue weighted by Crippen LogP contribution is 2.27. The Labute approximate surface area is 142 Å². The summed E-state index contributed by atoms with van der Waals surface area (Å²) in [6.45, 7) is 3.39. The molecule has 6 nitrogen and oxygen atoms in total. The van der Waals surface area contributed by atoms with Crippen LogP contribution in [0.5, 0.6) is 0 Å². The van der Waals surface area contributed by atoms with Crippen molar-refractivity contribution in [2.45, 2.75) is 64.0 Å². The van der Waals surface area contributed by atoms with Crippen molar-refractivity contribution in [3.8, 4) is 6.07 Å². The molecule has 0 radical (unpaired) electrons. The Morgan fingerprint density at radius 1 is 1.38 bits per heavy atom. The maximum atomic E-state index is 12.3. The molecule has 1 amide bonds. The number of hydrogen-bond acceptors (Lipinski definition) is 5. The van der Waals surface area contributed by atoms with Crippen molar-refractivity contribution in [1.29, 1.82) is 5.26 Å². The van der Waals surface area contributed by atoms with E-state index in [1.165, 1.54) is 6.92 Å². The molecule has 1 fully saturated rings. The summed E-state index contributed by atoms with van der Waals surface area (Å²) in [5.74, 6) is -0.910. The van der Waals surface area contributed by atoms with Crippen LogP contribution in [0.1, 0.15) is 50.3 Å². The lowest BCUT2D eigenvalue weighted by Crippen LogP contribution is -2.52. The van der Waals surface area contributed by atoms with E-state index in [0.29, 0.717) is 12.8 Å². The Hall–Kier alpha value is -2.42. The van der Waals surface area contributed by atoms with Crippen molar-refractivity contribution in [1.82, 2.24) is 10.3 Å². The SMILES string of the molecule is Cc1ccc(CC(=O)OC(C)C(=O)NC2(C#N)CCCCC2)cn1. The van der Waals surface area contributed by atoms with Gasteiger partial charge in [0.1, 0.15) is 5.54 Å². The fourth-order valence-electron chi connectivity index (χ4n) is 2.82. The van der Waals surface area contributed by atoms with E-state index < -0.39 is 23.5 Å². The second kappa shape index (κ2) is 7.91. The summed E-state index contributed by atoms with van der Waals surface area (Å²) in [6, 6.07) is 5.85. The van der Waals surface area contributed by atoms with Crippen molar-refractivity contribution >= 4 is 11.9 Å². The number of pyridine rings is 1. The molecule has 1 aromatic heterocycles. The minimum absolute atomic E-state index is 0.0638. The van der Waals surface area contributed by atoms with Gasteiger partial charge in [0.2, 0.25) is 0 Å². The molecule has 2 rings (SSSR count). The van der Waals surface area contributed by atoms with Gasteiger partial charge in [0.05, 0.1) is 12.5 Å². The third-order valence-electron chi connectivity index (χ3n) is 4.28. The van der Waals surface area contributed by atoms with Crippen LogP contribution in [-0.2, 0) is 20.7 Å². The zero-order chi connectivity index (χ0) is 17.6. The van der Waals surface area contributed by atoms with Crippen LogP contribution in [0.3, 0.4) is 0 Å². The van der Waals surface area contributed by atoms with E-state index in [1.807, 2.05) is 13.0 Å². The maximum absolute atomic E-state index is 12.3. The number of hydrogen-bond donors (Lipinski definition) is 1. The van der Waals surface area contributed by atoms with Crippen molar-refractivity contribution in [2.75, 3.05) is 0 Å². The van der Waals surface area contributed by atoms with Crippen LogP contribution in [0.4, 0.5) is 0 Å². The fourth-order valence-corrected chi connectivity index (χ4v) is 2.82. The van der Waals surface area contributed by atoms with Gasteiger partial charge < -0.3 is 10.1 Å². The Kier molecular flexibility index (Phi) is 5.91. The maximum Gasteiger partial charge on any atom is 0.311 e. The lowest BCUT2D eigenvalue weighted by molar-refractivity contribution is -0.154. The van der Waals surface area contributed by atoms with E-state index in [9.17, 15) is 14.9 Å². The van der Waals surface area contributed by atoms with E-state index in [-0.39, 0.29) is 6.42 Å². The number of aromatic nitrogens is 1. The summed E-state index contributed by atoms with van der Waals surface area (Å²) in [5, 5.41) is 12.2. The lowest BCUT2D eigenvalue weighted by atomic mass is 9.83. The zero-order valence-corrected chi connectivity index (χ0v) is 14.2. The number of nitrogens with one attached hydrogen (secondary N) is 1. The molecule has 0 aromatic carbocycles. The van der Waals surface area contributed by atoms with Gasteiger partial charge in [-0.25, -0.2) is 0 Å². The number of amides is 1. The molecule has 1 atom stereocenters. The van der Waals surface area contributed by atoms with E-state index in [2.05, 4.69) is 16.4 Å². The first kappa shape index (κ1) is 17.9. The molecule has 0 saturated heterocycles. The highest BCUT2D eigenvalue weighted by atomic mass is 16.5. The van der Waals surface area contributed by atoms with Gasteiger partial charge in [0.25, 0.3) is 5.91 Å². The van der Waals surface area contributed by atoms with Crippen LogP contribution >= 0.6 is 0 Å². The van der Waals surface area contributed by atoms with Gasteiger partial charge >= 0.3 is 5.97 Å². The molecule has 0 spiro atoms. The second-order valence-corrected chi connectivity index (χ2v) is 6.36. The monoisotopic (exact) mass is 329 g/mol. The lowest BCUT2D eigenvalue weighted by Gasteiger charge is -2.32. The molecule has 1 saturated carbocycles. The zero-order valence-electron chi connectivity index (χ0n) is 14.2. The first-order valence-electron chi connectivity index (χ1n) is 8.28. The molecule has 24 heavy (non-hydrogen) atoms. The highest BCUT2D eigenvalue weighted by Gasteiger charge is 2.35. The summed E-state index contributed by atoms with van der Waals surface area (Å²) in [4.78, 5) is 28.3. The predicted molar refractivity (Wildman–Crippen MR) is 87.8 cm³/mol. The van der Waals surface area contributed by atoms with Crippen LogP contribution in [0, 0.1) is 18.3 Å². The van der Waals surface area contributed by atoms with Gasteiger partial charge in [-0.2, -0.15) is 5.26 Å². The molecule has 128 valence electrons. The molecule has 1 heterocycles. The third kappa shape index (κ3) is 4.79. The minimum atomic E-state index is -0.928. The van der Waals surface area contributed by atoms with Gasteiger partial charge in [-0.3, -0.25) is 14.6 Å². The molecule has 1 aliphatic rings. The molecule has 0 aliphatic heterocycles. The van der Waals surface area contributed by atoms with Crippen molar-refractivity contribution in [3.05, 3.63) is 29.6 Å². The van der Waals surface area contributed by atoms with Gasteiger partial charge in [-0.05, 0) is 38.3 Å². The minimum Gasteiger partial charge on any atom is -0.452 e. The smallest absolute Gasteiger partial charge is 0.311 e. The van der Waals surface area contributed by atoms with Gasteiger partial charge in [0, 0.05) is 11.9 Å². The molecule has 1 unspecified atom stereocenters. The molecule has 1 N–H and O–H groups in total.